The molecular formula is C21H18O4S. The lowest BCUT2D eigenvalue weighted by Crippen LogP contribution is -2.11. The van der Waals surface area contributed by atoms with Crippen LogP contribution in [0.25, 0.3) is 11.3 Å². The average molecular weight is 366 g/mol. The molecule has 4 nitrogen and oxygen atoms in total. The van der Waals surface area contributed by atoms with E-state index in [4.69, 9.17) is 9.15 Å². The van der Waals surface area contributed by atoms with Crippen LogP contribution in [0.2, 0.25) is 0 Å². The van der Waals surface area contributed by atoms with Gasteiger partial charge in [-0.15, -0.1) is 11.8 Å². The highest BCUT2D eigenvalue weighted by atomic mass is 32.2. The number of rotatable bonds is 6. The number of hydrogen-bond acceptors (Lipinski definition) is 5. The Morgan fingerprint density at radius 3 is 2.35 bits per heavy atom. The molecule has 0 atom stereocenters. The highest BCUT2D eigenvalue weighted by Crippen LogP contribution is 2.32. The first-order valence-corrected chi connectivity index (χ1v) is 9.27. The molecule has 0 saturated heterocycles. The summed E-state index contributed by atoms with van der Waals surface area (Å²) in [5, 5.41) is 0. The fourth-order valence-corrected chi connectivity index (χ4v) is 3.24. The van der Waals surface area contributed by atoms with Crippen molar-refractivity contribution in [3.05, 3.63) is 82.7 Å². The van der Waals surface area contributed by atoms with Crippen LogP contribution in [-0.4, -0.2) is 5.97 Å². The molecule has 0 spiro atoms. The van der Waals surface area contributed by atoms with E-state index in [9.17, 15) is 9.59 Å². The number of carbonyl (C=O) groups excluding carboxylic acids is 1. The summed E-state index contributed by atoms with van der Waals surface area (Å²) in [6, 6.07) is 20.6. The van der Waals surface area contributed by atoms with Crippen LogP contribution < -0.4 is 10.4 Å². The molecule has 0 radical (unpaired) electrons. The van der Waals surface area contributed by atoms with E-state index in [0.717, 1.165) is 11.1 Å². The maximum atomic E-state index is 12.5. The Bertz CT molecular complexity index is 933. The van der Waals surface area contributed by atoms with Crippen LogP contribution in [0.4, 0.5) is 0 Å². The molecule has 3 rings (SSSR count). The molecule has 0 saturated carbocycles. The molecule has 5 heteroatoms. The fourth-order valence-electron chi connectivity index (χ4n) is 2.34. The Morgan fingerprint density at radius 1 is 1.04 bits per heavy atom. The van der Waals surface area contributed by atoms with Crippen molar-refractivity contribution in [2.24, 2.45) is 0 Å². The van der Waals surface area contributed by atoms with Gasteiger partial charge in [-0.1, -0.05) is 67.6 Å². The summed E-state index contributed by atoms with van der Waals surface area (Å²) >= 11 is 1.30. The summed E-state index contributed by atoms with van der Waals surface area (Å²) in [4.78, 5) is 24.7. The third-order valence-electron chi connectivity index (χ3n) is 3.67. The van der Waals surface area contributed by atoms with E-state index in [1.54, 1.807) is 13.0 Å². The van der Waals surface area contributed by atoms with Crippen molar-refractivity contribution in [3.8, 4) is 17.1 Å². The van der Waals surface area contributed by atoms with Crippen LogP contribution in [0, 0.1) is 0 Å². The minimum Gasteiger partial charge on any atom is -0.425 e. The van der Waals surface area contributed by atoms with Crippen molar-refractivity contribution >= 4 is 17.7 Å². The quantitative estimate of drug-likeness (QED) is 0.458. The third kappa shape index (κ3) is 4.43. The summed E-state index contributed by atoms with van der Waals surface area (Å²) in [5.74, 6) is 0.801. The predicted molar refractivity (Wildman–Crippen MR) is 102 cm³/mol. The second-order valence-electron chi connectivity index (χ2n) is 5.56. The Balaban J connectivity index is 1.96. The molecule has 0 aliphatic rings. The summed E-state index contributed by atoms with van der Waals surface area (Å²) in [6.45, 7) is 1.71. The molecule has 0 aliphatic carbocycles. The first-order chi connectivity index (χ1) is 12.7. The largest absolute Gasteiger partial charge is 0.425 e. The van der Waals surface area contributed by atoms with Gasteiger partial charge in [-0.3, -0.25) is 4.79 Å². The van der Waals surface area contributed by atoms with Gasteiger partial charge in [0, 0.05) is 23.8 Å². The fraction of sp³-hybridized carbons (Fsp3) is 0.143. The Morgan fingerprint density at radius 2 is 1.69 bits per heavy atom. The van der Waals surface area contributed by atoms with Crippen LogP contribution in [0.3, 0.4) is 0 Å². The van der Waals surface area contributed by atoms with Crippen molar-refractivity contribution in [1.29, 1.82) is 0 Å². The van der Waals surface area contributed by atoms with Gasteiger partial charge in [0.05, 0.1) is 0 Å². The van der Waals surface area contributed by atoms with E-state index in [-0.39, 0.29) is 12.2 Å². The molecule has 132 valence electrons. The van der Waals surface area contributed by atoms with Crippen molar-refractivity contribution in [2.45, 2.75) is 24.0 Å². The SMILES string of the molecule is CCC(=O)Oc1cc(-c2ccccc2)oc(=O)c1SCc1ccccc1. The summed E-state index contributed by atoms with van der Waals surface area (Å²) < 4.78 is 10.9. The minimum absolute atomic E-state index is 0.226. The van der Waals surface area contributed by atoms with Crippen LogP contribution in [0.5, 0.6) is 5.75 Å². The number of ether oxygens (including phenoxy) is 1. The van der Waals surface area contributed by atoms with Crippen LogP contribution in [0.15, 0.2) is 80.8 Å². The van der Waals surface area contributed by atoms with Gasteiger partial charge in [0.1, 0.15) is 10.7 Å². The standard InChI is InChI=1S/C21H18O4S/c1-2-19(22)24-18-13-17(16-11-7-4-8-12-16)25-21(23)20(18)26-14-15-9-5-3-6-10-15/h3-13H,2,14H2,1H3. The van der Waals surface area contributed by atoms with Gasteiger partial charge < -0.3 is 9.15 Å². The molecule has 0 unspecified atom stereocenters. The highest BCUT2D eigenvalue weighted by Gasteiger charge is 2.17. The van der Waals surface area contributed by atoms with Gasteiger partial charge >= 0.3 is 11.6 Å². The number of carbonyl (C=O) groups is 1. The van der Waals surface area contributed by atoms with E-state index >= 15 is 0 Å². The highest BCUT2D eigenvalue weighted by molar-refractivity contribution is 7.98. The van der Waals surface area contributed by atoms with E-state index in [1.807, 2.05) is 60.7 Å². The number of thioether (sulfide) groups is 1. The summed E-state index contributed by atoms with van der Waals surface area (Å²) in [5.41, 5.74) is 1.31. The normalized spacial score (nSPS) is 10.5. The smallest absolute Gasteiger partial charge is 0.353 e. The topological polar surface area (TPSA) is 56.5 Å². The predicted octanol–water partition coefficient (Wildman–Crippen LogP) is 4.91. The molecule has 3 aromatic rings. The van der Waals surface area contributed by atoms with Gasteiger partial charge in [0.2, 0.25) is 0 Å². The second-order valence-corrected chi connectivity index (χ2v) is 6.55. The van der Waals surface area contributed by atoms with Crippen LogP contribution >= 0.6 is 11.8 Å². The maximum Gasteiger partial charge on any atom is 0.353 e. The molecule has 1 aromatic heterocycles. The Hall–Kier alpha value is -2.79. The van der Waals surface area contributed by atoms with Crippen molar-refractivity contribution in [1.82, 2.24) is 0 Å². The second kappa shape index (κ2) is 8.54. The Labute approximate surface area is 155 Å². The molecule has 1 heterocycles. The van der Waals surface area contributed by atoms with Crippen molar-refractivity contribution < 1.29 is 13.9 Å². The van der Waals surface area contributed by atoms with Gasteiger partial charge in [-0.05, 0) is 5.56 Å². The first-order valence-electron chi connectivity index (χ1n) is 8.28. The number of esters is 1. The van der Waals surface area contributed by atoms with Crippen LogP contribution in [-0.2, 0) is 10.5 Å². The first kappa shape index (κ1) is 18.0. The molecular weight excluding hydrogens is 348 g/mol. The maximum absolute atomic E-state index is 12.5. The molecule has 0 fully saturated rings. The zero-order valence-corrected chi connectivity index (χ0v) is 15.1. The van der Waals surface area contributed by atoms with Gasteiger partial charge in [-0.25, -0.2) is 4.79 Å². The van der Waals surface area contributed by atoms with E-state index in [1.165, 1.54) is 11.8 Å². The average Bonchev–Trinajstić information content (AvgIpc) is 2.68. The Kier molecular flexibility index (Phi) is 5.92. The van der Waals surface area contributed by atoms with E-state index in [0.29, 0.717) is 16.4 Å². The molecule has 0 N–H and O–H groups in total. The molecule has 2 aromatic carbocycles. The van der Waals surface area contributed by atoms with Crippen molar-refractivity contribution in [3.63, 3.8) is 0 Å². The molecule has 0 bridgehead atoms. The van der Waals surface area contributed by atoms with Gasteiger partial charge in [0.15, 0.2) is 5.75 Å². The molecule has 0 amide bonds. The minimum atomic E-state index is -0.508. The summed E-state index contributed by atoms with van der Waals surface area (Å²) in [6.07, 6.45) is 0.226. The van der Waals surface area contributed by atoms with Crippen LogP contribution in [0.1, 0.15) is 18.9 Å². The third-order valence-corrected chi connectivity index (χ3v) is 4.80. The van der Waals surface area contributed by atoms with E-state index in [2.05, 4.69) is 0 Å². The van der Waals surface area contributed by atoms with E-state index < -0.39 is 11.6 Å². The lowest BCUT2D eigenvalue weighted by Gasteiger charge is -2.10. The molecule has 26 heavy (non-hydrogen) atoms. The lowest BCUT2D eigenvalue weighted by molar-refractivity contribution is -0.134. The zero-order chi connectivity index (χ0) is 18.4. The summed E-state index contributed by atoms with van der Waals surface area (Å²) in [7, 11) is 0. The van der Waals surface area contributed by atoms with Gasteiger partial charge in [0.25, 0.3) is 0 Å². The zero-order valence-electron chi connectivity index (χ0n) is 14.3. The van der Waals surface area contributed by atoms with Crippen molar-refractivity contribution in [2.75, 3.05) is 0 Å². The number of hydrogen-bond donors (Lipinski definition) is 0. The monoisotopic (exact) mass is 366 g/mol. The lowest BCUT2D eigenvalue weighted by atomic mass is 10.1. The molecule has 0 aliphatic heterocycles. The van der Waals surface area contributed by atoms with Gasteiger partial charge in [-0.2, -0.15) is 0 Å². The number of benzene rings is 2.